The van der Waals surface area contributed by atoms with E-state index in [1.807, 2.05) is 32.0 Å². The fourth-order valence-corrected chi connectivity index (χ4v) is 2.86. The first-order valence-electron chi connectivity index (χ1n) is 7.93. The summed E-state index contributed by atoms with van der Waals surface area (Å²) in [5.41, 5.74) is 2.41. The third-order valence-corrected chi connectivity index (χ3v) is 4.06. The van der Waals surface area contributed by atoms with Gasteiger partial charge in [0, 0.05) is 44.8 Å². The first-order valence-corrected chi connectivity index (χ1v) is 7.93. The molecule has 0 saturated carbocycles. The van der Waals surface area contributed by atoms with E-state index < -0.39 is 0 Å². The van der Waals surface area contributed by atoms with Crippen molar-refractivity contribution in [3.05, 3.63) is 29.8 Å². The summed E-state index contributed by atoms with van der Waals surface area (Å²) in [5.74, 6) is 0.164. The molecule has 1 N–H and O–H groups in total. The van der Waals surface area contributed by atoms with Crippen LogP contribution < -0.4 is 10.2 Å². The summed E-state index contributed by atoms with van der Waals surface area (Å²) in [5, 5.41) is 3.06. The third kappa shape index (κ3) is 4.21. The molecule has 1 saturated heterocycles. The lowest BCUT2D eigenvalue weighted by Gasteiger charge is -2.31. The van der Waals surface area contributed by atoms with E-state index in [1.54, 1.807) is 0 Å². The lowest BCUT2D eigenvalue weighted by Crippen LogP contribution is -2.38. The Hall–Kier alpha value is -1.59. The normalized spacial score (nSPS) is 16.4. The maximum absolute atomic E-state index is 12.4. The quantitative estimate of drug-likeness (QED) is 0.861. The fourth-order valence-electron chi connectivity index (χ4n) is 2.86. The summed E-state index contributed by atoms with van der Waals surface area (Å²) in [7, 11) is 3.75. The molecule has 1 unspecified atom stereocenters. The zero-order valence-corrected chi connectivity index (χ0v) is 13.8. The van der Waals surface area contributed by atoms with Crippen molar-refractivity contribution in [2.24, 2.45) is 5.92 Å². The molecule has 0 spiro atoms. The molecule has 1 atom stereocenters. The Morgan fingerprint density at radius 3 is 2.73 bits per heavy atom. The molecule has 122 valence electrons. The molecule has 0 bridgehead atoms. The number of carbonyl (C=O) groups is 1. The van der Waals surface area contributed by atoms with Gasteiger partial charge in [-0.25, -0.2) is 0 Å². The van der Waals surface area contributed by atoms with Crippen LogP contribution in [0, 0.1) is 5.92 Å². The number of carbonyl (C=O) groups excluding carboxylic acids is 1. The highest BCUT2D eigenvalue weighted by Crippen LogP contribution is 2.23. The topological polar surface area (TPSA) is 44.8 Å². The molecule has 0 aliphatic carbocycles. The van der Waals surface area contributed by atoms with Crippen LogP contribution in [0.5, 0.6) is 0 Å². The molecule has 1 aromatic rings. The first-order chi connectivity index (χ1) is 10.6. The number of rotatable bonds is 6. The molecule has 0 aromatic heterocycles. The van der Waals surface area contributed by atoms with Crippen molar-refractivity contribution in [1.29, 1.82) is 0 Å². The Bertz CT molecular complexity index is 487. The second-order valence-electron chi connectivity index (χ2n) is 5.88. The number of nitrogens with zero attached hydrogens (tertiary/aromatic N) is 2. The van der Waals surface area contributed by atoms with Crippen LogP contribution in [0.2, 0.25) is 0 Å². The lowest BCUT2D eigenvalue weighted by molar-refractivity contribution is -0.134. The standard InChI is InChI=1S/C17H27N3O2/c1-14(12-18-2)17(21)19(3)13-15-6-4-5-7-16(15)20-8-10-22-11-9-20/h4-7,14,18H,8-13H2,1-3H3. The van der Waals surface area contributed by atoms with Crippen LogP contribution in [-0.2, 0) is 16.1 Å². The van der Waals surface area contributed by atoms with Crippen molar-refractivity contribution in [2.45, 2.75) is 13.5 Å². The molecule has 1 heterocycles. The number of morpholine rings is 1. The Labute approximate surface area is 133 Å². The van der Waals surface area contributed by atoms with Crippen molar-refractivity contribution in [2.75, 3.05) is 51.8 Å². The number of nitrogens with one attached hydrogen (secondary N) is 1. The Morgan fingerprint density at radius 2 is 2.05 bits per heavy atom. The van der Waals surface area contributed by atoms with E-state index in [4.69, 9.17) is 4.74 Å². The summed E-state index contributed by atoms with van der Waals surface area (Å²) in [6, 6.07) is 8.33. The summed E-state index contributed by atoms with van der Waals surface area (Å²) in [4.78, 5) is 16.5. The molecule has 5 heteroatoms. The molecule has 1 aromatic carbocycles. The number of ether oxygens (including phenoxy) is 1. The SMILES string of the molecule is CNCC(C)C(=O)N(C)Cc1ccccc1N1CCOCC1. The van der Waals surface area contributed by atoms with Crippen LogP contribution in [0.25, 0.3) is 0 Å². The summed E-state index contributed by atoms with van der Waals surface area (Å²) >= 11 is 0. The second-order valence-corrected chi connectivity index (χ2v) is 5.88. The van der Waals surface area contributed by atoms with Crippen molar-refractivity contribution >= 4 is 11.6 Å². The number of hydrogen-bond donors (Lipinski definition) is 1. The van der Waals surface area contributed by atoms with Gasteiger partial charge in [0.05, 0.1) is 13.2 Å². The van der Waals surface area contributed by atoms with E-state index in [0.29, 0.717) is 13.1 Å². The van der Waals surface area contributed by atoms with E-state index in [-0.39, 0.29) is 11.8 Å². The fraction of sp³-hybridized carbons (Fsp3) is 0.588. The van der Waals surface area contributed by atoms with Crippen LogP contribution in [-0.4, -0.2) is 57.8 Å². The molecule has 5 nitrogen and oxygen atoms in total. The minimum absolute atomic E-state index is 0.00875. The molecule has 1 amide bonds. The summed E-state index contributed by atoms with van der Waals surface area (Å²) in [6.45, 7) is 6.65. The zero-order chi connectivity index (χ0) is 15.9. The van der Waals surface area contributed by atoms with Gasteiger partial charge in [0.15, 0.2) is 0 Å². The second kappa shape index (κ2) is 8.15. The summed E-state index contributed by atoms with van der Waals surface area (Å²) in [6.07, 6.45) is 0. The molecule has 1 aliphatic heterocycles. The van der Waals surface area contributed by atoms with E-state index >= 15 is 0 Å². The van der Waals surface area contributed by atoms with Crippen molar-refractivity contribution in [3.63, 3.8) is 0 Å². The monoisotopic (exact) mass is 305 g/mol. The highest BCUT2D eigenvalue weighted by molar-refractivity contribution is 5.78. The van der Waals surface area contributed by atoms with Crippen LogP contribution in [0.1, 0.15) is 12.5 Å². The molecule has 1 fully saturated rings. The lowest BCUT2D eigenvalue weighted by atomic mass is 10.1. The van der Waals surface area contributed by atoms with Gasteiger partial charge >= 0.3 is 0 Å². The van der Waals surface area contributed by atoms with Crippen LogP contribution in [0.15, 0.2) is 24.3 Å². The maximum Gasteiger partial charge on any atom is 0.226 e. The molecule has 1 aliphatic rings. The molecular weight excluding hydrogens is 278 g/mol. The van der Waals surface area contributed by atoms with Crippen LogP contribution in [0.3, 0.4) is 0 Å². The largest absolute Gasteiger partial charge is 0.378 e. The van der Waals surface area contributed by atoms with Gasteiger partial charge in [0.1, 0.15) is 0 Å². The van der Waals surface area contributed by atoms with Crippen LogP contribution >= 0.6 is 0 Å². The predicted molar refractivity (Wildman–Crippen MR) is 89.0 cm³/mol. The van der Waals surface area contributed by atoms with Gasteiger partial charge in [-0.1, -0.05) is 25.1 Å². The first kappa shape index (κ1) is 16.8. The van der Waals surface area contributed by atoms with Gasteiger partial charge < -0.3 is 19.9 Å². The average Bonchev–Trinajstić information content (AvgIpc) is 2.55. The summed E-state index contributed by atoms with van der Waals surface area (Å²) < 4.78 is 5.43. The minimum Gasteiger partial charge on any atom is -0.378 e. The predicted octanol–water partition coefficient (Wildman–Crippen LogP) is 1.34. The minimum atomic E-state index is -0.00875. The van der Waals surface area contributed by atoms with E-state index in [9.17, 15) is 4.79 Å². The highest BCUT2D eigenvalue weighted by atomic mass is 16.5. The number of amides is 1. The van der Waals surface area contributed by atoms with E-state index in [2.05, 4.69) is 28.4 Å². The van der Waals surface area contributed by atoms with Crippen molar-refractivity contribution in [3.8, 4) is 0 Å². The van der Waals surface area contributed by atoms with E-state index in [0.717, 1.165) is 26.3 Å². The number of para-hydroxylation sites is 1. The highest BCUT2D eigenvalue weighted by Gasteiger charge is 2.19. The average molecular weight is 305 g/mol. The number of anilines is 1. The van der Waals surface area contributed by atoms with Gasteiger partial charge in [0.25, 0.3) is 0 Å². The van der Waals surface area contributed by atoms with Gasteiger partial charge in [-0.05, 0) is 18.7 Å². The number of hydrogen-bond acceptors (Lipinski definition) is 4. The number of benzene rings is 1. The van der Waals surface area contributed by atoms with Crippen LogP contribution in [0.4, 0.5) is 5.69 Å². The van der Waals surface area contributed by atoms with Crippen molar-refractivity contribution < 1.29 is 9.53 Å². The Kier molecular flexibility index (Phi) is 6.21. The maximum atomic E-state index is 12.4. The smallest absolute Gasteiger partial charge is 0.226 e. The molecule has 0 radical (unpaired) electrons. The molecule has 22 heavy (non-hydrogen) atoms. The van der Waals surface area contributed by atoms with Crippen molar-refractivity contribution in [1.82, 2.24) is 10.2 Å². The van der Waals surface area contributed by atoms with Gasteiger partial charge in [0.2, 0.25) is 5.91 Å². The van der Waals surface area contributed by atoms with Gasteiger partial charge in [-0.15, -0.1) is 0 Å². The van der Waals surface area contributed by atoms with Gasteiger partial charge in [-0.3, -0.25) is 4.79 Å². The van der Waals surface area contributed by atoms with Gasteiger partial charge in [-0.2, -0.15) is 0 Å². The Morgan fingerprint density at radius 1 is 1.36 bits per heavy atom. The van der Waals surface area contributed by atoms with E-state index in [1.165, 1.54) is 11.3 Å². The zero-order valence-electron chi connectivity index (χ0n) is 13.8. The molecule has 2 rings (SSSR count). The Balaban J connectivity index is 2.07. The third-order valence-electron chi connectivity index (χ3n) is 4.06. The molecular formula is C17H27N3O2.